The number of halogens is 2. The first-order valence-electron chi connectivity index (χ1n) is 20.5. The van der Waals surface area contributed by atoms with Crippen LogP contribution in [0.2, 0.25) is 10.0 Å². The number of nitroso groups, excluding NO2 is 1. The number of hydrogen-bond acceptors (Lipinski definition) is 14. The van der Waals surface area contributed by atoms with Gasteiger partial charge in [-0.2, -0.15) is 9.78 Å². The number of rotatable bonds is 10. The van der Waals surface area contributed by atoms with Gasteiger partial charge < -0.3 is 9.97 Å². The van der Waals surface area contributed by atoms with E-state index in [9.17, 15) is 21.7 Å². The molecule has 0 radical (unpaired) electrons. The predicted octanol–water partition coefficient (Wildman–Crippen LogP) is 8.87. The number of aromatic nitrogens is 11. The molecule has 5 N–H and O–H groups in total. The highest BCUT2D eigenvalue weighted by Crippen LogP contribution is 2.38. The third kappa shape index (κ3) is 10.8. The van der Waals surface area contributed by atoms with Gasteiger partial charge >= 0.3 is 0 Å². The molecular weight excluding hydrogens is 968 g/mol. The Labute approximate surface area is 404 Å². The Morgan fingerprint density at radius 1 is 0.681 bits per heavy atom. The summed E-state index contributed by atoms with van der Waals surface area (Å²) >= 11 is 12.3. The lowest BCUT2D eigenvalue weighted by molar-refractivity contribution is 0.605. The number of sulfonamides is 2. The fraction of sp³-hybridized carbons (Fsp3) is 0.136. The summed E-state index contributed by atoms with van der Waals surface area (Å²) < 4.78 is 55.4. The predicted molar refractivity (Wildman–Crippen MR) is 268 cm³/mol. The summed E-state index contributed by atoms with van der Waals surface area (Å²) in [6.45, 7) is 7.20. The fourth-order valence-corrected chi connectivity index (χ4v) is 8.47. The molecule has 0 atom stereocenters. The highest BCUT2D eigenvalue weighted by molar-refractivity contribution is 7.92. The average molecular weight is 1010 g/mol. The SMILES string of the molecule is CC1=Nn2c(C)nnc2C1=Nc1nc(-c2ccccc2)[nH]c1-c1cc(Cl)ccc1NS(C)(=O)=O.CS(=O)(=O)Nc1ccc(Cl)cc1-c1cnc(-c2ccccc2)[nH]1.Cc1[nH]n2c(C)nnc2c1N=O. The molecule has 0 saturated heterocycles. The summed E-state index contributed by atoms with van der Waals surface area (Å²) in [6, 6.07) is 29.0. The van der Waals surface area contributed by atoms with E-state index < -0.39 is 20.0 Å². The summed E-state index contributed by atoms with van der Waals surface area (Å²) in [5, 5.41) is 27.0. The van der Waals surface area contributed by atoms with Crippen molar-refractivity contribution in [1.82, 2.24) is 54.6 Å². The van der Waals surface area contributed by atoms with Gasteiger partial charge in [0.15, 0.2) is 17.3 Å². The second kappa shape index (κ2) is 19.4. The fourth-order valence-electron chi connectivity index (χ4n) is 6.97. The van der Waals surface area contributed by atoms with Gasteiger partial charge in [0.25, 0.3) is 0 Å². The van der Waals surface area contributed by atoms with E-state index in [2.05, 4.69) is 60.2 Å². The molecule has 0 amide bonds. The molecule has 21 nitrogen and oxygen atoms in total. The highest BCUT2D eigenvalue weighted by Gasteiger charge is 2.27. The summed E-state index contributed by atoms with van der Waals surface area (Å²) in [5.41, 5.74) is 7.57. The first-order valence-corrected chi connectivity index (χ1v) is 25.0. The Morgan fingerprint density at radius 2 is 1.26 bits per heavy atom. The summed E-state index contributed by atoms with van der Waals surface area (Å²) in [7, 11) is -6.94. The van der Waals surface area contributed by atoms with E-state index >= 15 is 0 Å². The van der Waals surface area contributed by atoms with E-state index in [1.54, 1.807) is 72.6 Å². The van der Waals surface area contributed by atoms with Gasteiger partial charge in [-0.15, -0.1) is 25.3 Å². The number of fused-ring (bicyclic) bond motifs is 2. The van der Waals surface area contributed by atoms with Crippen LogP contribution in [0.25, 0.3) is 50.9 Å². The number of benzene rings is 4. The molecule has 0 spiro atoms. The van der Waals surface area contributed by atoms with Crippen molar-refractivity contribution < 1.29 is 16.8 Å². The van der Waals surface area contributed by atoms with E-state index in [4.69, 9.17) is 33.2 Å². The van der Waals surface area contributed by atoms with Crippen LogP contribution in [0, 0.1) is 25.7 Å². The molecule has 0 unspecified atom stereocenters. The number of aliphatic imine (C=N–C) groups is 1. The Hall–Kier alpha value is -7.86. The van der Waals surface area contributed by atoms with Gasteiger partial charge in [-0.3, -0.25) is 14.5 Å². The number of aromatic amines is 3. The Morgan fingerprint density at radius 3 is 1.87 bits per heavy atom. The normalized spacial score (nSPS) is 12.8. The minimum absolute atomic E-state index is 0.329. The van der Waals surface area contributed by atoms with Crippen molar-refractivity contribution in [1.29, 1.82) is 0 Å². The summed E-state index contributed by atoms with van der Waals surface area (Å²) in [4.78, 5) is 30.7. The number of nitrogens with zero attached hydrogens (tertiary/aromatic N) is 11. The Kier molecular flexibility index (Phi) is 13.4. The topological polar surface area (TPSA) is 281 Å². The van der Waals surface area contributed by atoms with Crippen molar-refractivity contribution in [3.63, 3.8) is 0 Å². The van der Waals surface area contributed by atoms with Crippen LogP contribution in [0.1, 0.15) is 30.1 Å². The monoisotopic (exact) mass is 1010 g/mol. The van der Waals surface area contributed by atoms with Crippen molar-refractivity contribution in [2.45, 2.75) is 27.7 Å². The van der Waals surface area contributed by atoms with Gasteiger partial charge in [0.1, 0.15) is 23.2 Å². The quantitative estimate of drug-likeness (QED) is 0.0807. The van der Waals surface area contributed by atoms with Crippen LogP contribution in [-0.2, 0) is 20.0 Å². The van der Waals surface area contributed by atoms with Crippen molar-refractivity contribution in [3.8, 4) is 45.3 Å². The molecule has 10 rings (SSSR count). The first kappa shape index (κ1) is 47.6. The van der Waals surface area contributed by atoms with Gasteiger partial charge in [-0.05, 0) is 69.3 Å². The molecule has 5 aromatic heterocycles. The van der Waals surface area contributed by atoms with E-state index in [1.165, 1.54) is 0 Å². The molecule has 6 heterocycles. The average Bonchev–Trinajstić information content (AvgIpc) is 4.18. The van der Waals surface area contributed by atoms with E-state index in [1.807, 2.05) is 67.6 Å². The van der Waals surface area contributed by atoms with Crippen molar-refractivity contribution in [3.05, 3.63) is 141 Å². The number of anilines is 2. The summed E-state index contributed by atoms with van der Waals surface area (Å²) in [6.07, 6.45) is 3.84. The van der Waals surface area contributed by atoms with Crippen LogP contribution in [-0.4, -0.2) is 95.4 Å². The minimum atomic E-state index is -3.55. The highest BCUT2D eigenvalue weighted by atomic mass is 35.5. The van der Waals surface area contributed by atoms with Gasteiger partial charge in [-0.1, -0.05) is 83.9 Å². The largest absolute Gasteiger partial charge is 0.338 e. The van der Waals surface area contributed by atoms with E-state index in [0.29, 0.717) is 107 Å². The minimum Gasteiger partial charge on any atom is -0.338 e. The van der Waals surface area contributed by atoms with Gasteiger partial charge in [0.05, 0.1) is 52.9 Å². The lowest BCUT2D eigenvalue weighted by atomic mass is 10.1. The van der Waals surface area contributed by atoms with E-state index in [0.717, 1.165) is 23.6 Å². The summed E-state index contributed by atoms with van der Waals surface area (Å²) in [5.74, 6) is 3.45. The Balaban J connectivity index is 0.000000157. The lowest BCUT2D eigenvalue weighted by Gasteiger charge is -2.11. The molecule has 25 heteroatoms. The maximum Gasteiger partial charge on any atom is 0.229 e. The van der Waals surface area contributed by atoms with Crippen molar-refractivity contribution in [2.24, 2.45) is 15.3 Å². The first-order chi connectivity index (χ1) is 32.9. The lowest BCUT2D eigenvalue weighted by Crippen LogP contribution is -2.10. The zero-order valence-electron chi connectivity index (χ0n) is 37.3. The third-order valence-corrected chi connectivity index (χ3v) is 11.7. The third-order valence-electron chi connectivity index (χ3n) is 10.0. The smallest absolute Gasteiger partial charge is 0.229 e. The second-order valence-electron chi connectivity index (χ2n) is 15.4. The zero-order valence-corrected chi connectivity index (χ0v) is 40.5. The van der Waals surface area contributed by atoms with Crippen LogP contribution < -0.4 is 9.44 Å². The standard InChI is InChI=1S/C22H19ClN8O2S.C16H14ClN3O2S.C6H7N5O/c1-12-18(22-28-27-13(2)31(22)29-12)24-21-19(25-20(26-21)14-7-5-4-6-8-14)16-11-15(23)9-10-17(16)30-34(3,32)33;1-23(21,22)20-14-8-7-12(17)9-13(14)15-10-18-16(19-15)11-5-3-2-4-6-11;1-3-5(10-12)6-8-7-4(2)11(6)9-3/h4-11,30H,1-3H3,(H,25,26);2-10,20H,1H3,(H,18,19);9H,1-2H3. The molecule has 1 aliphatic rings. The van der Waals surface area contributed by atoms with Gasteiger partial charge in [0, 0.05) is 32.3 Å². The maximum absolute atomic E-state index is 12.0. The van der Waals surface area contributed by atoms with Crippen LogP contribution >= 0.6 is 23.2 Å². The Bertz CT molecular complexity index is 3670. The maximum atomic E-state index is 12.0. The molecule has 69 heavy (non-hydrogen) atoms. The number of imidazole rings is 2. The molecule has 0 fully saturated rings. The van der Waals surface area contributed by atoms with E-state index in [-0.39, 0.29) is 0 Å². The van der Waals surface area contributed by atoms with Crippen LogP contribution in [0.15, 0.2) is 119 Å². The number of nitrogens with one attached hydrogen (secondary N) is 5. The number of aryl methyl sites for hydroxylation is 3. The van der Waals surface area contributed by atoms with Crippen molar-refractivity contribution in [2.75, 3.05) is 22.0 Å². The van der Waals surface area contributed by atoms with Gasteiger partial charge in [0.2, 0.25) is 31.5 Å². The van der Waals surface area contributed by atoms with Crippen LogP contribution in [0.4, 0.5) is 22.9 Å². The van der Waals surface area contributed by atoms with Crippen LogP contribution in [0.3, 0.4) is 0 Å². The van der Waals surface area contributed by atoms with Gasteiger partial charge in [-0.25, -0.2) is 36.3 Å². The second-order valence-corrected chi connectivity index (χ2v) is 19.8. The molecule has 352 valence electrons. The number of hydrogen-bond donors (Lipinski definition) is 5. The van der Waals surface area contributed by atoms with Crippen LogP contribution in [0.5, 0.6) is 0 Å². The molecule has 1 aliphatic heterocycles. The zero-order chi connectivity index (χ0) is 49.2. The molecule has 0 aliphatic carbocycles. The molecule has 0 saturated carbocycles. The molecule has 9 aromatic rings. The molecule has 0 bridgehead atoms. The number of H-pyrrole nitrogens is 3. The van der Waals surface area contributed by atoms with Crippen molar-refractivity contribution >= 4 is 83.2 Å². The molecular formula is C44H40Cl2N16O5S2. The molecule has 4 aromatic carbocycles.